The normalized spacial score (nSPS) is 52.8. The van der Waals surface area contributed by atoms with Crippen molar-refractivity contribution in [1.82, 2.24) is 0 Å². The van der Waals surface area contributed by atoms with Crippen molar-refractivity contribution in [3.05, 3.63) is 11.6 Å². The molecule has 4 saturated carbocycles. The van der Waals surface area contributed by atoms with E-state index in [9.17, 15) is 46.0 Å². The molecule has 0 aromatic heterocycles. The van der Waals surface area contributed by atoms with E-state index in [1.807, 2.05) is 20.8 Å². The Bertz CT molecular complexity index is 1360. The third-order valence-corrected chi connectivity index (χ3v) is 16.2. The Labute approximate surface area is 320 Å². The largest absolute Gasteiger partial charge is 0.393 e. The molecule has 9 N–H and O–H groups in total. The zero-order valence-electron chi connectivity index (χ0n) is 33.5. The van der Waals surface area contributed by atoms with Crippen molar-refractivity contribution in [2.24, 2.45) is 45.3 Å². The lowest BCUT2D eigenvalue weighted by Crippen LogP contribution is -2.68. The molecule has 2 heterocycles. The van der Waals surface area contributed by atoms with Crippen LogP contribution in [0.4, 0.5) is 0 Å². The number of fused-ring (bicyclic) bond motifs is 5. The van der Waals surface area contributed by atoms with Gasteiger partial charge in [0, 0.05) is 0 Å². The summed E-state index contributed by atoms with van der Waals surface area (Å²) in [5, 5.41) is 98.2. The van der Waals surface area contributed by atoms with Gasteiger partial charge >= 0.3 is 0 Å². The molecule has 0 bridgehead atoms. The smallest absolute Gasteiger partial charge is 0.187 e. The van der Waals surface area contributed by atoms with Gasteiger partial charge in [0.05, 0.1) is 37.1 Å². The first-order chi connectivity index (χ1) is 25.0. The Morgan fingerprint density at radius 3 is 2.07 bits per heavy atom. The summed E-state index contributed by atoms with van der Waals surface area (Å²) in [7, 11) is 0. The minimum atomic E-state index is -1.65. The fourth-order valence-corrected chi connectivity index (χ4v) is 13.1. The maximum Gasteiger partial charge on any atom is 0.187 e. The molecule has 0 spiro atoms. The van der Waals surface area contributed by atoms with Gasteiger partial charge in [0.15, 0.2) is 12.6 Å². The minimum Gasteiger partial charge on any atom is -0.393 e. The summed E-state index contributed by atoms with van der Waals surface area (Å²) < 4.78 is 24.0. The van der Waals surface area contributed by atoms with E-state index in [2.05, 4.69) is 40.7 Å². The molecule has 6 aliphatic rings. The molecule has 2 aliphatic heterocycles. The first-order valence-electron chi connectivity index (χ1n) is 20.4. The van der Waals surface area contributed by atoms with Gasteiger partial charge in [0.1, 0.15) is 42.7 Å². The zero-order valence-corrected chi connectivity index (χ0v) is 33.5. The van der Waals surface area contributed by atoms with E-state index < -0.39 is 84.6 Å². The lowest BCUT2D eigenvalue weighted by Gasteiger charge is -2.71. The van der Waals surface area contributed by atoms with Crippen LogP contribution in [0.5, 0.6) is 0 Å². The second-order valence-corrected chi connectivity index (χ2v) is 19.8. The van der Waals surface area contributed by atoms with E-state index in [4.69, 9.17) is 18.9 Å². The van der Waals surface area contributed by atoms with Crippen LogP contribution in [-0.4, -0.2) is 138 Å². The Hall–Kier alpha value is -0.780. The molecule has 6 rings (SSSR count). The fraction of sp³-hybridized carbons (Fsp3) is 0.951. The molecule has 2 saturated heterocycles. The van der Waals surface area contributed by atoms with Gasteiger partial charge in [-0.25, -0.2) is 0 Å². The highest BCUT2D eigenvalue weighted by Gasteiger charge is 2.72. The highest BCUT2D eigenvalue weighted by atomic mass is 16.7. The molecule has 13 nitrogen and oxygen atoms in total. The predicted octanol–water partition coefficient (Wildman–Crippen LogP) is 1.76. The molecule has 0 radical (unpaired) electrons. The molecule has 0 aromatic carbocycles. The topological polar surface area (TPSA) is 219 Å². The van der Waals surface area contributed by atoms with Crippen LogP contribution in [0.15, 0.2) is 11.6 Å². The molecule has 13 heteroatoms. The molecule has 4 aliphatic carbocycles. The van der Waals surface area contributed by atoms with E-state index >= 15 is 0 Å². The van der Waals surface area contributed by atoms with Crippen LogP contribution in [0.1, 0.15) is 107 Å². The molecule has 0 amide bonds. The molecule has 0 aromatic rings. The van der Waals surface area contributed by atoms with E-state index in [0.717, 1.165) is 31.3 Å². The lowest BCUT2D eigenvalue weighted by molar-refractivity contribution is -0.345. The number of hydrogen-bond acceptors (Lipinski definition) is 13. The third kappa shape index (κ3) is 6.86. The maximum absolute atomic E-state index is 12.4. The Balaban J connectivity index is 1.27. The van der Waals surface area contributed by atoms with E-state index in [1.165, 1.54) is 0 Å². The van der Waals surface area contributed by atoms with Gasteiger partial charge in [-0.2, -0.15) is 0 Å². The first kappa shape index (κ1) is 42.8. The lowest BCUT2D eigenvalue weighted by atomic mass is 9.35. The van der Waals surface area contributed by atoms with Crippen LogP contribution in [0, 0.1) is 45.3 Å². The van der Waals surface area contributed by atoms with Gasteiger partial charge in [0.25, 0.3) is 0 Å². The summed E-state index contributed by atoms with van der Waals surface area (Å²) in [6.07, 6.45) is -7.52. The average molecular weight is 771 g/mol. The summed E-state index contributed by atoms with van der Waals surface area (Å²) in [5.41, 5.74) is -1.03. The predicted molar refractivity (Wildman–Crippen MR) is 196 cm³/mol. The van der Waals surface area contributed by atoms with Crippen LogP contribution < -0.4 is 0 Å². The molecule has 20 atom stereocenters. The summed E-state index contributed by atoms with van der Waals surface area (Å²) in [5.74, 6) is -0.00789. The molecular weight excluding hydrogens is 700 g/mol. The number of allylic oxidation sites excluding steroid dienone is 2. The Kier molecular flexibility index (Phi) is 12.0. The standard InChI is InChI=1S/C41H70O13/c1-20(2)10-9-13-41(8,54-36-33(49)31(47)30(46)25(53-36)19-52-35-32(48)29(45)24(44)18-51-35)21-11-14-40(7)28(21)22(42)16-27-38(5)17-23(43)34(50)37(3,4)26(38)12-15-39(27,40)6/h10,21-36,42-50H,9,11-19H2,1-8H3/t21-,22+,23-,24+,25+,26-,27+,28-,29-,30+,31-,32+,33+,34-,35-,36-,38-,39+,40+,41-/m0/s1. The number of aliphatic hydroxyl groups is 9. The second kappa shape index (κ2) is 15.1. The van der Waals surface area contributed by atoms with Gasteiger partial charge in [-0.3, -0.25) is 0 Å². The van der Waals surface area contributed by atoms with E-state index in [0.29, 0.717) is 25.7 Å². The second-order valence-electron chi connectivity index (χ2n) is 19.8. The van der Waals surface area contributed by atoms with Gasteiger partial charge in [-0.05, 0) is 117 Å². The van der Waals surface area contributed by atoms with E-state index in [1.54, 1.807) is 0 Å². The van der Waals surface area contributed by atoms with Gasteiger partial charge in [-0.1, -0.05) is 46.3 Å². The van der Waals surface area contributed by atoms with Crippen LogP contribution in [-0.2, 0) is 18.9 Å². The van der Waals surface area contributed by atoms with Crippen LogP contribution in [0.25, 0.3) is 0 Å². The monoisotopic (exact) mass is 770 g/mol. The highest BCUT2D eigenvalue weighted by Crippen LogP contribution is 2.76. The SMILES string of the molecule is CC(C)=CCC[C@](C)(O[C@@H]1O[C@H](CO[C@@H]2OC[C@@H](O)[C@H](O)[C@H]2O)[C@@H](O)[C@H](O)[C@H]1O)[C@H]1CC[C@]2(C)[C@@H]1[C@H](O)C[C@@H]1[C@@]3(C)C[C@H](O)[C@H](O)C(C)(C)[C@@H]3CC[C@]12C. The van der Waals surface area contributed by atoms with Gasteiger partial charge < -0.3 is 64.9 Å². The number of aliphatic hydroxyl groups excluding tert-OH is 9. The maximum atomic E-state index is 12.4. The summed E-state index contributed by atoms with van der Waals surface area (Å²) in [4.78, 5) is 0. The zero-order chi connectivity index (χ0) is 39.9. The minimum absolute atomic E-state index is 0.120. The molecule has 312 valence electrons. The van der Waals surface area contributed by atoms with Crippen LogP contribution in [0.2, 0.25) is 0 Å². The van der Waals surface area contributed by atoms with Crippen molar-refractivity contribution in [3.63, 3.8) is 0 Å². The summed E-state index contributed by atoms with van der Waals surface area (Å²) in [6, 6.07) is 0. The molecule has 6 fully saturated rings. The molecule has 0 unspecified atom stereocenters. The van der Waals surface area contributed by atoms with Crippen molar-refractivity contribution in [2.45, 2.75) is 186 Å². The third-order valence-electron chi connectivity index (χ3n) is 16.2. The Morgan fingerprint density at radius 2 is 1.41 bits per heavy atom. The van der Waals surface area contributed by atoms with Crippen LogP contribution in [0.3, 0.4) is 0 Å². The van der Waals surface area contributed by atoms with Gasteiger partial charge in [0.2, 0.25) is 0 Å². The fourth-order valence-electron chi connectivity index (χ4n) is 13.1. The molecule has 54 heavy (non-hydrogen) atoms. The number of hydrogen-bond donors (Lipinski definition) is 9. The summed E-state index contributed by atoms with van der Waals surface area (Å²) >= 11 is 0. The Morgan fingerprint density at radius 1 is 0.759 bits per heavy atom. The van der Waals surface area contributed by atoms with Crippen molar-refractivity contribution >= 4 is 0 Å². The molecular formula is C41H70O13. The van der Waals surface area contributed by atoms with Crippen LogP contribution >= 0.6 is 0 Å². The van der Waals surface area contributed by atoms with E-state index in [-0.39, 0.29) is 53.1 Å². The first-order valence-corrected chi connectivity index (χ1v) is 20.4. The van der Waals surface area contributed by atoms with Gasteiger partial charge in [-0.15, -0.1) is 0 Å². The number of rotatable bonds is 9. The number of ether oxygens (including phenoxy) is 4. The highest BCUT2D eigenvalue weighted by molar-refractivity contribution is 5.21. The quantitative estimate of drug-likeness (QED) is 0.153. The van der Waals surface area contributed by atoms with Crippen molar-refractivity contribution in [3.8, 4) is 0 Å². The summed E-state index contributed by atoms with van der Waals surface area (Å²) in [6.45, 7) is 16.5. The van der Waals surface area contributed by atoms with Crippen molar-refractivity contribution in [1.29, 1.82) is 0 Å². The van der Waals surface area contributed by atoms with Crippen molar-refractivity contribution < 1.29 is 64.9 Å². The average Bonchev–Trinajstić information content (AvgIpc) is 3.48. The van der Waals surface area contributed by atoms with Crippen molar-refractivity contribution in [2.75, 3.05) is 13.2 Å².